The Bertz CT molecular complexity index is 357. The van der Waals surface area contributed by atoms with Crippen LogP contribution < -0.4 is 4.74 Å². The minimum atomic E-state index is 0.198. The largest absolute Gasteiger partial charge is 0.496 e. The third kappa shape index (κ3) is 1.53. The third-order valence-corrected chi connectivity index (χ3v) is 3.72. The molecule has 82 valence electrons. The van der Waals surface area contributed by atoms with Gasteiger partial charge < -0.3 is 9.84 Å². The summed E-state index contributed by atoms with van der Waals surface area (Å²) in [6.45, 7) is 4.66. The molecular formula is C13H18O2. The molecule has 1 aromatic rings. The van der Waals surface area contributed by atoms with E-state index >= 15 is 0 Å². The number of benzene rings is 1. The maximum Gasteiger partial charge on any atom is 0.122 e. The Morgan fingerprint density at radius 3 is 2.53 bits per heavy atom. The molecule has 2 atom stereocenters. The van der Waals surface area contributed by atoms with E-state index in [1.54, 1.807) is 7.11 Å². The lowest BCUT2D eigenvalue weighted by Crippen LogP contribution is -1.94. The highest BCUT2D eigenvalue weighted by Crippen LogP contribution is 2.65. The van der Waals surface area contributed by atoms with Crippen LogP contribution in [0, 0.1) is 11.3 Å². The number of rotatable bonds is 3. The first-order valence-electron chi connectivity index (χ1n) is 5.36. The Balaban J connectivity index is 2.32. The quantitative estimate of drug-likeness (QED) is 0.823. The molecule has 2 rings (SSSR count). The molecule has 1 saturated carbocycles. The molecule has 1 aliphatic carbocycles. The summed E-state index contributed by atoms with van der Waals surface area (Å²) in [5.41, 5.74) is 1.42. The zero-order chi connectivity index (χ0) is 11.1. The fraction of sp³-hybridized carbons (Fsp3) is 0.538. The van der Waals surface area contributed by atoms with E-state index in [-0.39, 0.29) is 12.0 Å². The maximum absolute atomic E-state index is 9.30. The van der Waals surface area contributed by atoms with Gasteiger partial charge >= 0.3 is 0 Å². The summed E-state index contributed by atoms with van der Waals surface area (Å²) in [7, 11) is 1.70. The number of para-hydroxylation sites is 1. The van der Waals surface area contributed by atoms with Crippen LogP contribution in [0.2, 0.25) is 0 Å². The number of aliphatic hydroxyl groups excluding tert-OH is 1. The van der Waals surface area contributed by atoms with Gasteiger partial charge in [0.1, 0.15) is 5.75 Å². The average Bonchev–Trinajstić information content (AvgIpc) is 2.80. The zero-order valence-electron chi connectivity index (χ0n) is 9.53. The Labute approximate surface area is 90.9 Å². The maximum atomic E-state index is 9.30. The van der Waals surface area contributed by atoms with Gasteiger partial charge in [-0.3, -0.25) is 0 Å². The van der Waals surface area contributed by atoms with Crippen molar-refractivity contribution >= 4 is 0 Å². The van der Waals surface area contributed by atoms with Gasteiger partial charge in [0.25, 0.3) is 0 Å². The van der Waals surface area contributed by atoms with Gasteiger partial charge in [0.15, 0.2) is 0 Å². The summed E-state index contributed by atoms with van der Waals surface area (Å²) in [5.74, 6) is 1.74. The Hall–Kier alpha value is -1.02. The number of methoxy groups -OCH3 is 1. The topological polar surface area (TPSA) is 29.5 Å². The van der Waals surface area contributed by atoms with Crippen molar-refractivity contribution in [3.63, 3.8) is 0 Å². The van der Waals surface area contributed by atoms with Crippen LogP contribution in [0.15, 0.2) is 24.3 Å². The molecule has 0 spiro atoms. The lowest BCUT2D eigenvalue weighted by Gasteiger charge is -2.08. The van der Waals surface area contributed by atoms with E-state index in [1.165, 1.54) is 5.56 Å². The molecule has 0 heterocycles. The number of ether oxygens (including phenoxy) is 1. The van der Waals surface area contributed by atoms with Crippen LogP contribution in [0.4, 0.5) is 0 Å². The van der Waals surface area contributed by atoms with Crippen LogP contribution >= 0.6 is 0 Å². The molecular weight excluding hydrogens is 188 g/mol. The van der Waals surface area contributed by atoms with Crippen molar-refractivity contribution in [2.24, 2.45) is 11.3 Å². The fourth-order valence-electron chi connectivity index (χ4n) is 2.63. The van der Waals surface area contributed by atoms with Crippen LogP contribution in [0.1, 0.15) is 25.3 Å². The second-order valence-corrected chi connectivity index (χ2v) is 4.83. The van der Waals surface area contributed by atoms with Crippen molar-refractivity contribution in [3.05, 3.63) is 29.8 Å². The van der Waals surface area contributed by atoms with Gasteiger partial charge in [-0.25, -0.2) is 0 Å². The molecule has 1 aliphatic rings. The Morgan fingerprint density at radius 2 is 2.00 bits per heavy atom. The molecule has 0 aromatic heterocycles. The van der Waals surface area contributed by atoms with Crippen molar-refractivity contribution in [2.45, 2.75) is 19.8 Å². The molecule has 0 bridgehead atoms. The van der Waals surface area contributed by atoms with Gasteiger partial charge in [0.2, 0.25) is 0 Å². The summed E-state index contributed by atoms with van der Waals surface area (Å²) in [5, 5.41) is 9.30. The highest BCUT2D eigenvalue weighted by atomic mass is 16.5. The fourth-order valence-corrected chi connectivity index (χ4v) is 2.63. The molecule has 2 heteroatoms. The van der Waals surface area contributed by atoms with Crippen molar-refractivity contribution in [1.82, 2.24) is 0 Å². The Kier molecular flexibility index (Phi) is 2.47. The summed E-state index contributed by atoms with van der Waals surface area (Å²) < 4.78 is 5.35. The molecule has 15 heavy (non-hydrogen) atoms. The van der Waals surface area contributed by atoms with Gasteiger partial charge in [-0.15, -0.1) is 0 Å². The van der Waals surface area contributed by atoms with Crippen LogP contribution in [0.25, 0.3) is 0 Å². The second kappa shape index (κ2) is 3.53. The molecule has 0 saturated heterocycles. The second-order valence-electron chi connectivity index (χ2n) is 4.83. The van der Waals surface area contributed by atoms with Crippen LogP contribution in [0.3, 0.4) is 0 Å². The van der Waals surface area contributed by atoms with Gasteiger partial charge in [-0.2, -0.15) is 0 Å². The smallest absolute Gasteiger partial charge is 0.122 e. The predicted molar refractivity (Wildman–Crippen MR) is 60.1 cm³/mol. The number of aliphatic hydroxyl groups is 1. The first-order valence-corrected chi connectivity index (χ1v) is 5.36. The zero-order valence-corrected chi connectivity index (χ0v) is 9.53. The standard InChI is InChI=1S/C13H18O2/c1-13(2)10(8-14)12(13)9-6-4-5-7-11(9)15-3/h4-7,10,12,14H,8H2,1-3H3. The number of hydrogen-bond donors (Lipinski definition) is 1. The van der Waals surface area contributed by atoms with Crippen LogP contribution in [0.5, 0.6) is 5.75 Å². The summed E-state index contributed by atoms with van der Waals surface area (Å²) in [6, 6.07) is 8.09. The summed E-state index contributed by atoms with van der Waals surface area (Å²) in [4.78, 5) is 0. The number of hydrogen-bond acceptors (Lipinski definition) is 2. The van der Waals surface area contributed by atoms with E-state index in [4.69, 9.17) is 4.74 Å². The molecule has 0 aliphatic heterocycles. The van der Waals surface area contributed by atoms with E-state index in [1.807, 2.05) is 18.2 Å². The minimum absolute atomic E-state index is 0.198. The van der Waals surface area contributed by atoms with Crippen molar-refractivity contribution in [3.8, 4) is 5.75 Å². The highest BCUT2D eigenvalue weighted by molar-refractivity contribution is 5.42. The molecule has 1 fully saturated rings. The van der Waals surface area contributed by atoms with Crippen molar-refractivity contribution in [1.29, 1.82) is 0 Å². The van der Waals surface area contributed by atoms with Crippen molar-refractivity contribution < 1.29 is 9.84 Å². The molecule has 0 radical (unpaired) electrons. The first kappa shape index (κ1) is 10.5. The SMILES string of the molecule is COc1ccccc1C1C(CO)C1(C)C. The monoisotopic (exact) mass is 206 g/mol. The molecule has 1 aromatic carbocycles. The third-order valence-electron chi connectivity index (χ3n) is 3.72. The summed E-state index contributed by atoms with van der Waals surface area (Å²) >= 11 is 0. The lowest BCUT2D eigenvalue weighted by molar-refractivity contribution is 0.256. The molecule has 2 nitrogen and oxygen atoms in total. The summed E-state index contributed by atoms with van der Waals surface area (Å²) in [6.07, 6.45) is 0. The van der Waals surface area contributed by atoms with Crippen LogP contribution in [-0.4, -0.2) is 18.8 Å². The van der Waals surface area contributed by atoms with E-state index in [0.29, 0.717) is 11.8 Å². The predicted octanol–water partition coefficient (Wildman–Crippen LogP) is 2.43. The lowest BCUT2D eigenvalue weighted by atomic mass is 10.0. The normalized spacial score (nSPS) is 27.5. The van der Waals surface area contributed by atoms with Gasteiger partial charge in [-0.1, -0.05) is 32.0 Å². The first-order chi connectivity index (χ1) is 7.12. The van der Waals surface area contributed by atoms with E-state index < -0.39 is 0 Å². The molecule has 1 N–H and O–H groups in total. The van der Waals surface area contributed by atoms with Crippen molar-refractivity contribution in [2.75, 3.05) is 13.7 Å². The van der Waals surface area contributed by atoms with E-state index in [9.17, 15) is 5.11 Å². The highest BCUT2D eigenvalue weighted by Gasteiger charge is 2.58. The van der Waals surface area contributed by atoms with Gasteiger partial charge in [-0.05, 0) is 28.9 Å². The van der Waals surface area contributed by atoms with Gasteiger partial charge in [0.05, 0.1) is 7.11 Å². The molecule has 2 unspecified atom stereocenters. The minimum Gasteiger partial charge on any atom is -0.496 e. The average molecular weight is 206 g/mol. The van der Waals surface area contributed by atoms with E-state index in [0.717, 1.165) is 5.75 Å². The molecule has 0 amide bonds. The Morgan fingerprint density at radius 1 is 1.33 bits per heavy atom. The van der Waals surface area contributed by atoms with Gasteiger partial charge in [0, 0.05) is 6.61 Å². The van der Waals surface area contributed by atoms with Crippen LogP contribution in [-0.2, 0) is 0 Å². The van der Waals surface area contributed by atoms with E-state index in [2.05, 4.69) is 19.9 Å².